The molecule has 0 unspecified atom stereocenters. The van der Waals surface area contributed by atoms with E-state index in [1.54, 1.807) is 25.1 Å². The number of carbonyl (C=O) groups excluding carboxylic acids is 1. The molecule has 1 aromatic rings. The SMILES string of the molecule is CCOC(=O)C=C1CC(c2ccc(F)cc2)C1. The zero-order valence-electron chi connectivity index (χ0n) is 9.78. The van der Waals surface area contributed by atoms with Crippen LogP contribution in [-0.4, -0.2) is 12.6 Å². The van der Waals surface area contributed by atoms with Crippen molar-refractivity contribution < 1.29 is 13.9 Å². The molecule has 1 fully saturated rings. The fraction of sp³-hybridized carbons (Fsp3) is 0.357. The van der Waals surface area contributed by atoms with E-state index in [2.05, 4.69) is 0 Å². The molecule has 90 valence electrons. The van der Waals surface area contributed by atoms with Crippen LogP contribution >= 0.6 is 0 Å². The molecule has 0 aliphatic heterocycles. The van der Waals surface area contributed by atoms with Gasteiger partial charge in [-0.15, -0.1) is 0 Å². The van der Waals surface area contributed by atoms with Crippen LogP contribution in [0.2, 0.25) is 0 Å². The van der Waals surface area contributed by atoms with Crippen LogP contribution in [-0.2, 0) is 9.53 Å². The second-order valence-electron chi connectivity index (χ2n) is 4.21. The molecule has 0 N–H and O–H groups in total. The van der Waals surface area contributed by atoms with Gasteiger partial charge in [0.2, 0.25) is 0 Å². The van der Waals surface area contributed by atoms with Gasteiger partial charge in [0.1, 0.15) is 5.82 Å². The van der Waals surface area contributed by atoms with Crippen LogP contribution in [0.3, 0.4) is 0 Å². The predicted molar refractivity (Wildman–Crippen MR) is 63.1 cm³/mol. The summed E-state index contributed by atoms with van der Waals surface area (Å²) in [6.45, 7) is 2.20. The Kier molecular flexibility index (Phi) is 3.57. The van der Waals surface area contributed by atoms with E-state index in [0.29, 0.717) is 12.5 Å². The Morgan fingerprint density at radius 3 is 2.65 bits per heavy atom. The van der Waals surface area contributed by atoms with Crippen LogP contribution in [0.15, 0.2) is 35.9 Å². The van der Waals surface area contributed by atoms with Gasteiger partial charge in [-0.25, -0.2) is 9.18 Å². The molecule has 0 atom stereocenters. The lowest BCUT2D eigenvalue weighted by Gasteiger charge is -2.29. The molecule has 1 aliphatic carbocycles. The Hall–Kier alpha value is -1.64. The summed E-state index contributed by atoms with van der Waals surface area (Å²) >= 11 is 0. The van der Waals surface area contributed by atoms with Crippen LogP contribution in [0.1, 0.15) is 31.2 Å². The lowest BCUT2D eigenvalue weighted by atomic mass is 9.75. The third-order valence-electron chi connectivity index (χ3n) is 2.97. The summed E-state index contributed by atoms with van der Waals surface area (Å²) in [5, 5.41) is 0. The van der Waals surface area contributed by atoms with E-state index in [1.807, 2.05) is 0 Å². The van der Waals surface area contributed by atoms with E-state index >= 15 is 0 Å². The minimum Gasteiger partial charge on any atom is -0.463 e. The number of ether oxygens (including phenoxy) is 1. The summed E-state index contributed by atoms with van der Waals surface area (Å²) in [7, 11) is 0. The largest absolute Gasteiger partial charge is 0.463 e. The van der Waals surface area contributed by atoms with Crippen molar-refractivity contribution in [3.8, 4) is 0 Å². The number of allylic oxidation sites excluding steroid dienone is 1. The monoisotopic (exact) mass is 234 g/mol. The maximum Gasteiger partial charge on any atom is 0.330 e. The van der Waals surface area contributed by atoms with Crippen molar-refractivity contribution in [1.29, 1.82) is 0 Å². The lowest BCUT2D eigenvalue weighted by Crippen LogP contribution is -2.14. The van der Waals surface area contributed by atoms with Crippen LogP contribution in [0.5, 0.6) is 0 Å². The molecule has 1 aromatic carbocycles. The topological polar surface area (TPSA) is 26.3 Å². The van der Waals surface area contributed by atoms with E-state index in [0.717, 1.165) is 24.0 Å². The molecule has 3 heteroatoms. The Bertz CT molecular complexity index is 426. The molecule has 1 aliphatic rings. The second kappa shape index (κ2) is 5.13. The van der Waals surface area contributed by atoms with Crippen molar-refractivity contribution in [3.05, 3.63) is 47.3 Å². The molecule has 17 heavy (non-hydrogen) atoms. The maximum absolute atomic E-state index is 12.7. The number of halogens is 1. The summed E-state index contributed by atoms with van der Waals surface area (Å²) in [5.41, 5.74) is 2.24. The van der Waals surface area contributed by atoms with Crippen LogP contribution in [0, 0.1) is 5.82 Å². The molecule has 0 bridgehead atoms. The average molecular weight is 234 g/mol. The molecule has 0 aromatic heterocycles. The second-order valence-corrected chi connectivity index (χ2v) is 4.21. The molecule has 0 heterocycles. The third kappa shape index (κ3) is 2.93. The molecule has 2 nitrogen and oxygen atoms in total. The molecule has 1 saturated carbocycles. The standard InChI is InChI=1S/C14H15FO2/c1-2-17-14(16)9-10-7-12(8-10)11-3-5-13(15)6-4-11/h3-6,9,12H,2,7-8H2,1H3. The molecule has 0 radical (unpaired) electrons. The highest BCUT2D eigenvalue weighted by Crippen LogP contribution is 2.40. The Balaban J connectivity index is 1.90. The summed E-state index contributed by atoms with van der Waals surface area (Å²) in [5.74, 6) is -0.0632. The van der Waals surface area contributed by atoms with Gasteiger partial charge in [0.25, 0.3) is 0 Å². The molecular weight excluding hydrogens is 219 g/mol. The number of hydrogen-bond acceptors (Lipinski definition) is 2. The highest BCUT2D eigenvalue weighted by atomic mass is 19.1. The summed E-state index contributed by atoms with van der Waals surface area (Å²) in [6, 6.07) is 6.56. The summed E-state index contributed by atoms with van der Waals surface area (Å²) in [4.78, 5) is 11.2. The Morgan fingerprint density at radius 2 is 2.06 bits per heavy atom. The maximum atomic E-state index is 12.7. The van der Waals surface area contributed by atoms with Crippen molar-refractivity contribution in [2.75, 3.05) is 6.61 Å². The Labute approximate surface area is 100 Å². The number of rotatable bonds is 3. The van der Waals surface area contributed by atoms with Crippen molar-refractivity contribution in [3.63, 3.8) is 0 Å². The normalized spacial score (nSPS) is 18.5. The molecular formula is C14H15FO2. The predicted octanol–water partition coefficient (Wildman–Crippen LogP) is 3.19. The first-order valence-electron chi connectivity index (χ1n) is 5.80. The molecule has 0 saturated heterocycles. The third-order valence-corrected chi connectivity index (χ3v) is 2.97. The molecule has 2 rings (SSSR count). The smallest absolute Gasteiger partial charge is 0.330 e. The van der Waals surface area contributed by atoms with Gasteiger partial charge in [0.05, 0.1) is 6.61 Å². The van der Waals surface area contributed by atoms with Gasteiger partial charge < -0.3 is 4.74 Å². The number of esters is 1. The zero-order valence-corrected chi connectivity index (χ0v) is 9.78. The number of carbonyl (C=O) groups is 1. The van der Waals surface area contributed by atoms with Gasteiger partial charge in [0, 0.05) is 6.08 Å². The van der Waals surface area contributed by atoms with Gasteiger partial charge in [-0.1, -0.05) is 17.7 Å². The lowest BCUT2D eigenvalue weighted by molar-refractivity contribution is -0.137. The first-order valence-corrected chi connectivity index (χ1v) is 5.80. The van der Waals surface area contributed by atoms with Gasteiger partial charge in [-0.2, -0.15) is 0 Å². The summed E-state index contributed by atoms with van der Waals surface area (Å²) in [6.07, 6.45) is 3.30. The first kappa shape index (κ1) is 11.8. The van der Waals surface area contributed by atoms with Crippen LogP contribution in [0.4, 0.5) is 4.39 Å². The molecule has 0 spiro atoms. The van der Waals surface area contributed by atoms with E-state index < -0.39 is 0 Å². The number of benzene rings is 1. The quantitative estimate of drug-likeness (QED) is 0.593. The van der Waals surface area contributed by atoms with E-state index in [-0.39, 0.29) is 11.8 Å². The van der Waals surface area contributed by atoms with Gasteiger partial charge in [-0.3, -0.25) is 0 Å². The van der Waals surface area contributed by atoms with Gasteiger partial charge in [-0.05, 0) is 43.4 Å². The van der Waals surface area contributed by atoms with E-state index in [4.69, 9.17) is 4.74 Å². The van der Waals surface area contributed by atoms with Gasteiger partial charge >= 0.3 is 5.97 Å². The average Bonchev–Trinajstić information content (AvgIpc) is 2.25. The first-order chi connectivity index (χ1) is 8.19. The fourth-order valence-corrected chi connectivity index (χ4v) is 2.01. The number of hydrogen-bond donors (Lipinski definition) is 0. The van der Waals surface area contributed by atoms with E-state index in [9.17, 15) is 9.18 Å². The highest BCUT2D eigenvalue weighted by molar-refractivity contribution is 5.83. The highest BCUT2D eigenvalue weighted by Gasteiger charge is 2.25. The zero-order chi connectivity index (χ0) is 12.3. The van der Waals surface area contributed by atoms with Crippen molar-refractivity contribution in [1.82, 2.24) is 0 Å². The van der Waals surface area contributed by atoms with Crippen LogP contribution in [0.25, 0.3) is 0 Å². The van der Waals surface area contributed by atoms with Crippen molar-refractivity contribution in [2.45, 2.75) is 25.7 Å². The van der Waals surface area contributed by atoms with Crippen LogP contribution < -0.4 is 0 Å². The van der Waals surface area contributed by atoms with Crippen molar-refractivity contribution >= 4 is 5.97 Å². The van der Waals surface area contributed by atoms with Gasteiger partial charge in [0.15, 0.2) is 0 Å². The van der Waals surface area contributed by atoms with E-state index in [1.165, 1.54) is 12.1 Å². The summed E-state index contributed by atoms with van der Waals surface area (Å²) < 4.78 is 17.6. The minimum atomic E-state index is -0.264. The fourth-order valence-electron chi connectivity index (χ4n) is 2.01. The Morgan fingerprint density at radius 1 is 1.41 bits per heavy atom. The minimum absolute atomic E-state index is 0.213. The van der Waals surface area contributed by atoms with Crippen molar-refractivity contribution in [2.24, 2.45) is 0 Å². The molecule has 0 amide bonds.